The Kier molecular flexibility index (Phi) is 5.30. The Morgan fingerprint density at radius 1 is 1.00 bits per heavy atom. The molecule has 4 aliphatic rings. The molecule has 3 saturated heterocycles. The second kappa shape index (κ2) is 7.65. The van der Waals surface area contributed by atoms with Crippen LogP contribution in [0.2, 0.25) is 0 Å². The van der Waals surface area contributed by atoms with E-state index < -0.39 is 0 Å². The quantitative estimate of drug-likeness (QED) is 0.851. The fourth-order valence-electron chi connectivity index (χ4n) is 5.43. The summed E-state index contributed by atoms with van der Waals surface area (Å²) in [4.78, 5) is 29.0. The number of likely N-dealkylation sites (tertiary alicyclic amines) is 2. The van der Waals surface area contributed by atoms with E-state index in [1.54, 1.807) is 0 Å². The maximum atomic E-state index is 12.9. The molecule has 0 spiro atoms. The van der Waals surface area contributed by atoms with Gasteiger partial charge in [-0.25, -0.2) is 0 Å². The molecule has 4 fully saturated rings. The van der Waals surface area contributed by atoms with Crippen molar-refractivity contribution in [2.45, 2.75) is 76.3 Å². The molecule has 1 saturated carbocycles. The molecule has 3 aliphatic heterocycles. The molecule has 1 N–H and O–H groups in total. The molecule has 25 heavy (non-hydrogen) atoms. The standard InChI is InChI=1S/C20H33N3O2/c24-19-7-3-4-10-23(19)14-15-8-11-22(12-9-15)20(25)18-13-16-5-1-2-6-17(16)21-18/h15-18,21H,1-14H2. The highest BCUT2D eigenvalue weighted by Gasteiger charge is 2.40. The smallest absolute Gasteiger partial charge is 0.239 e. The number of hydrogen-bond donors (Lipinski definition) is 1. The van der Waals surface area contributed by atoms with Gasteiger partial charge in [-0.1, -0.05) is 12.8 Å². The van der Waals surface area contributed by atoms with Gasteiger partial charge in [0.15, 0.2) is 0 Å². The van der Waals surface area contributed by atoms with Crippen molar-refractivity contribution in [1.82, 2.24) is 15.1 Å². The summed E-state index contributed by atoms with van der Waals surface area (Å²) in [6.07, 6.45) is 11.3. The molecule has 0 aromatic carbocycles. The normalized spacial score (nSPS) is 34.2. The number of fused-ring (bicyclic) bond motifs is 1. The Balaban J connectivity index is 1.24. The molecular formula is C20H33N3O2. The molecular weight excluding hydrogens is 314 g/mol. The van der Waals surface area contributed by atoms with Gasteiger partial charge in [0.05, 0.1) is 6.04 Å². The fraction of sp³-hybridized carbons (Fsp3) is 0.900. The summed E-state index contributed by atoms with van der Waals surface area (Å²) >= 11 is 0. The number of carbonyl (C=O) groups is 2. The van der Waals surface area contributed by atoms with Crippen LogP contribution in [0.4, 0.5) is 0 Å². The van der Waals surface area contributed by atoms with Crippen LogP contribution in [0, 0.1) is 11.8 Å². The monoisotopic (exact) mass is 347 g/mol. The highest BCUT2D eigenvalue weighted by molar-refractivity contribution is 5.82. The lowest BCUT2D eigenvalue weighted by Crippen LogP contribution is -2.49. The van der Waals surface area contributed by atoms with E-state index in [1.807, 2.05) is 0 Å². The van der Waals surface area contributed by atoms with Crippen molar-refractivity contribution in [3.8, 4) is 0 Å². The first-order chi connectivity index (χ1) is 12.2. The zero-order chi connectivity index (χ0) is 17.2. The van der Waals surface area contributed by atoms with Crippen LogP contribution in [-0.4, -0.2) is 59.9 Å². The van der Waals surface area contributed by atoms with E-state index in [9.17, 15) is 9.59 Å². The van der Waals surface area contributed by atoms with Crippen molar-refractivity contribution in [3.05, 3.63) is 0 Å². The average molecular weight is 348 g/mol. The lowest BCUT2D eigenvalue weighted by molar-refractivity contribution is -0.137. The minimum Gasteiger partial charge on any atom is -0.342 e. The summed E-state index contributed by atoms with van der Waals surface area (Å²) in [5.74, 6) is 1.97. The van der Waals surface area contributed by atoms with E-state index in [-0.39, 0.29) is 6.04 Å². The minimum atomic E-state index is 0.0633. The highest BCUT2D eigenvalue weighted by atomic mass is 16.2. The van der Waals surface area contributed by atoms with Gasteiger partial charge < -0.3 is 15.1 Å². The van der Waals surface area contributed by atoms with E-state index in [0.29, 0.717) is 23.8 Å². The molecule has 3 heterocycles. The Bertz CT molecular complexity index is 487. The third kappa shape index (κ3) is 3.86. The van der Waals surface area contributed by atoms with Gasteiger partial charge in [0, 0.05) is 38.6 Å². The Labute approximate surface area is 151 Å². The van der Waals surface area contributed by atoms with Crippen LogP contribution < -0.4 is 5.32 Å². The molecule has 2 amide bonds. The van der Waals surface area contributed by atoms with Crippen molar-refractivity contribution in [3.63, 3.8) is 0 Å². The maximum Gasteiger partial charge on any atom is 0.239 e. The largest absolute Gasteiger partial charge is 0.342 e. The van der Waals surface area contributed by atoms with Crippen LogP contribution in [0.25, 0.3) is 0 Å². The first-order valence-electron chi connectivity index (χ1n) is 10.5. The third-order valence-electron chi connectivity index (χ3n) is 6.99. The Morgan fingerprint density at radius 2 is 1.80 bits per heavy atom. The van der Waals surface area contributed by atoms with Gasteiger partial charge in [0.25, 0.3) is 0 Å². The summed E-state index contributed by atoms with van der Waals surface area (Å²) in [6.45, 7) is 3.59. The molecule has 0 aromatic heterocycles. The number of carbonyl (C=O) groups excluding carboxylic acids is 2. The summed E-state index contributed by atoms with van der Waals surface area (Å²) in [6, 6.07) is 0.652. The first-order valence-corrected chi connectivity index (χ1v) is 10.5. The third-order valence-corrected chi connectivity index (χ3v) is 6.99. The van der Waals surface area contributed by atoms with Crippen molar-refractivity contribution < 1.29 is 9.59 Å². The van der Waals surface area contributed by atoms with Crippen molar-refractivity contribution in [2.75, 3.05) is 26.2 Å². The van der Waals surface area contributed by atoms with Crippen LogP contribution in [0.1, 0.15) is 64.2 Å². The predicted molar refractivity (Wildman–Crippen MR) is 97.0 cm³/mol. The fourth-order valence-corrected chi connectivity index (χ4v) is 5.43. The molecule has 140 valence electrons. The second-order valence-electron chi connectivity index (χ2n) is 8.67. The van der Waals surface area contributed by atoms with E-state index in [1.165, 1.54) is 25.7 Å². The van der Waals surface area contributed by atoms with Gasteiger partial charge in [-0.3, -0.25) is 9.59 Å². The van der Waals surface area contributed by atoms with Crippen molar-refractivity contribution in [2.24, 2.45) is 11.8 Å². The Morgan fingerprint density at radius 3 is 2.56 bits per heavy atom. The summed E-state index contributed by atoms with van der Waals surface area (Å²) in [5.41, 5.74) is 0. The molecule has 0 aromatic rings. The molecule has 4 rings (SSSR count). The molecule has 0 bridgehead atoms. The molecule has 5 nitrogen and oxygen atoms in total. The highest BCUT2D eigenvalue weighted by Crippen LogP contribution is 2.34. The van der Waals surface area contributed by atoms with E-state index in [4.69, 9.17) is 0 Å². The topological polar surface area (TPSA) is 52.7 Å². The first kappa shape index (κ1) is 17.3. The van der Waals surface area contributed by atoms with E-state index in [2.05, 4.69) is 15.1 Å². The van der Waals surface area contributed by atoms with Crippen molar-refractivity contribution >= 4 is 11.8 Å². The summed E-state index contributed by atoms with van der Waals surface area (Å²) in [7, 11) is 0. The van der Waals surface area contributed by atoms with Gasteiger partial charge in [0.1, 0.15) is 0 Å². The molecule has 3 unspecified atom stereocenters. The molecule has 3 atom stereocenters. The zero-order valence-electron chi connectivity index (χ0n) is 15.4. The number of nitrogens with one attached hydrogen (secondary N) is 1. The van der Waals surface area contributed by atoms with Crippen molar-refractivity contribution in [1.29, 1.82) is 0 Å². The van der Waals surface area contributed by atoms with Crippen LogP contribution in [0.3, 0.4) is 0 Å². The minimum absolute atomic E-state index is 0.0633. The SMILES string of the molecule is O=C1CCCCN1CC1CCN(C(=O)C2CC3CCCCC3N2)CC1. The Hall–Kier alpha value is -1.10. The number of hydrogen-bond acceptors (Lipinski definition) is 3. The molecule has 1 aliphatic carbocycles. The number of piperidine rings is 2. The van der Waals surface area contributed by atoms with Crippen LogP contribution in [0.5, 0.6) is 0 Å². The summed E-state index contributed by atoms with van der Waals surface area (Å²) in [5, 5.41) is 3.63. The average Bonchev–Trinajstić information content (AvgIpc) is 3.08. The van der Waals surface area contributed by atoms with Gasteiger partial charge in [-0.05, 0) is 56.8 Å². The zero-order valence-corrected chi connectivity index (χ0v) is 15.4. The van der Waals surface area contributed by atoms with Gasteiger partial charge >= 0.3 is 0 Å². The number of nitrogens with zero attached hydrogens (tertiary/aromatic N) is 2. The van der Waals surface area contributed by atoms with E-state index >= 15 is 0 Å². The van der Waals surface area contributed by atoms with Crippen LogP contribution >= 0.6 is 0 Å². The van der Waals surface area contributed by atoms with Gasteiger partial charge in [-0.15, -0.1) is 0 Å². The van der Waals surface area contributed by atoms with Gasteiger partial charge in [-0.2, -0.15) is 0 Å². The second-order valence-corrected chi connectivity index (χ2v) is 8.67. The molecule has 5 heteroatoms. The van der Waals surface area contributed by atoms with Crippen LogP contribution in [-0.2, 0) is 9.59 Å². The van der Waals surface area contributed by atoms with Crippen LogP contribution in [0.15, 0.2) is 0 Å². The lowest BCUT2D eigenvalue weighted by Gasteiger charge is -2.37. The van der Waals surface area contributed by atoms with E-state index in [0.717, 1.165) is 70.6 Å². The molecule has 0 radical (unpaired) electrons. The predicted octanol–water partition coefficient (Wildman–Crippen LogP) is 2.16. The maximum absolute atomic E-state index is 12.9. The summed E-state index contributed by atoms with van der Waals surface area (Å²) < 4.78 is 0. The number of rotatable bonds is 3. The van der Waals surface area contributed by atoms with Gasteiger partial charge in [0.2, 0.25) is 11.8 Å². The number of amides is 2. The lowest BCUT2D eigenvalue weighted by atomic mass is 9.85.